The second kappa shape index (κ2) is 3.44. The van der Waals surface area contributed by atoms with E-state index in [1.165, 1.54) is 0 Å². The molecule has 0 aromatic carbocycles. The highest BCUT2D eigenvalue weighted by atomic mass is 19.1. The molecule has 2 rings (SSSR count). The molecule has 15 heavy (non-hydrogen) atoms. The van der Waals surface area contributed by atoms with Gasteiger partial charge in [-0.25, -0.2) is 4.39 Å². The molecule has 4 heteroatoms. The molecule has 1 N–H and O–H groups in total. The van der Waals surface area contributed by atoms with E-state index in [2.05, 4.69) is 19.2 Å². The minimum atomic E-state index is -1.64. The molecule has 86 valence electrons. The van der Waals surface area contributed by atoms with Crippen LogP contribution in [0.1, 0.15) is 26.7 Å². The van der Waals surface area contributed by atoms with Gasteiger partial charge in [0, 0.05) is 26.1 Å². The second-order valence-corrected chi connectivity index (χ2v) is 5.53. The van der Waals surface area contributed by atoms with Crippen LogP contribution in [0, 0.1) is 5.41 Å². The van der Waals surface area contributed by atoms with Gasteiger partial charge >= 0.3 is 0 Å². The van der Waals surface area contributed by atoms with E-state index in [9.17, 15) is 9.18 Å². The van der Waals surface area contributed by atoms with Gasteiger partial charge in [0.25, 0.3) is 5.91 Å². The smallest absolute Gasteiger partial charge is 0.261 e. The molecule has 0 radical (unpaired) electrons. The predicted octanol–water partition coefficient (Wildman–Crippen LogP) is 0.946. The largest absolute Gasteiger partial charge is 0.339 e. The Morgan fingerprint density at radius 3 is 2.60 bits per heavy atom. The molecule has 2 aliphatic rings. The van der Waals surface area contributed by atoms with Crippen LogP contribution in [0.3, 0.4) is 0 Å². The van der Waals surface area contributed by atoms with Gasteiger partial charge < -0.3 is 10.2 Å². The van der Waals surface area contributed by atoms with Crippen LogP contribution in [0.15, 0.2) is 0 Å². The average Bonchev–Trinajstić information content (AvgIpc) is 2.72. The Hall–Kier alpha value is -0.640. The fourth-order valence-electron chi connectivity index (χ4n) is 2.41. The zero-order chi connectivity index (χ0) is 11.1. The first-order chi connectivity index (χ1) is 6.93. The maximum absolute atomic E-state index is 14.2. The van der Waals surface area contributed by atoms with Crippen molar-refractivity contribution in [3.05, 3.63) is 0 Å². The Bertz CT molecular complexity index is 272. The van der Waals surface area contributed by atoms with E-state index in [1.807, 2.05) is 0 Å². The molecule has 3 nitrogen and oxygen atoms in total. The topological polar surface area (TPSA) is 32.3 Å². The molecule has 0 spiro atoms. The van der Waals surface area contributed by atoms with Crippen LogP contribution >= 0.6 is 0 Å². The highest BCUT2D eigenvalue weighted by Crippen LogP contribution is 2.32. The molecule has 2 fully saturated rings. The van der Waals surface area contributed by atoms with E-state index in [4.69, 9.17) is 0 Å². The fourth-order valence-corrected chi connectivity index (χ4v) is 2.41. The van der Waals surface area contributed by atoms with Crippen molar-refractivity contribution in [1.29, 1.82) is 0 Å². The van der Waals surface area contributed by atoms with Crippen LogP contribution in [0.2, 0.25) is 0 Å². The molecule has 0 saturated carbocycles. The molecule has 0 aliphatic carbocycles. The van der Waals surface area contributed by atoms with Crippen LogP contribution in [0.25, 0.3) is 0 Å². The number of amides is 1. The molecular formula is C11H19FN2O. The van der Waals surface area contributed by atoms with Crippen LogP contribution in [0.4, 0.5) is 4.39 Å². The zero-order valence-electron chi connectivity index (χ0n) is 9.48. The summed E-state index contributed by atoms with van der Waals surface area (Å²) in [5.74, 6) is -0.307. The van der Waals surface area contributed by atoms with E-state index < -0.39 is 5.67 Å². The minimum Gasteiger partial charge on any atom is -0.339 e. The van der Waals surface area contributed by atoms with Crippen LogP contribution in [-0.4, -0.2) is 42.7 Å². The van der Waals surface area contributed by atoms with Crippen LogP contribution in [0.5, 0.6) is 0 Å². The van der Waals surface area contributed by atoms with Crippen molar-refractivity contribution >= 4 is 5.91 Å². The zero-order valence-corrected chi connectivity index (χ0v) is 9.48. The summed E-state index contributed by atoms with van der Waals surface area (Å²) in [4.78, 5) is 13.7. The standard InChI is InChI=1S/C11H19FN2O/c1-10(2)4-6-14(8-10)9(15)11(12)3-5-13-7-11/h13H,3-8H2,1-2H3/t11-/m0/s1. The van der Waals surface area contributed by atoms with E-state index in [1.54, 1.807) is 4.90 Å². The third-order valence-corrected chi connectivity index (χ3v) is 3.45. The van der Waals surface area contributed by atoms with Gasteiger partial charge in [-0.3, -0.25) is 4.79 Å². The maximum atomic E-state index is 14.2. The second-order valence-electron chi connectivity index (χ2n) is 5.53. The van der Waals surface area contributed by atoms with Gasteiger partial charge in [0.1, 0.15) is 0 Å². The number of halogens is 1. The Kier molecular flexibility index (Phi) is 2.49. The number of alkyl halides is 1. The Morgan fingerprint density at radius 1 is 1.40 bits per heavy atom. The molecule has 0 aromatic rings. The number of hydrogen-bond acceptors (Lipinski definition) is 2. The third-order valence-electron chi connectivity index (χ3n) is 3.45. The summed E-state index contributed by atoms with van der Waals surface area (Å²) >= 11 is 0. The molecule has 1 amide bonds. The molecule has 2 heterocycles. The van der Waals surface area contributed by atoms with E-state index in [0.29, 0.717) is 26.1 Å². The Balaban J connectivity index is 2.03. The molecule has 0 bridgehead atoms. The van der Waals surface area contributed by atoms with Gasteiger partial charge in [-0.1, -0.05) is 13.8 Å². The number of likely N-dealkylation sites (tertiary alicyclic amines) is 1. The normalized spacial score (nSPS) is 34.7. The summed E-state index contributed by atoms with van der Waals surface area (Å²) in [6.07, 6.45) is 1.30. The van der Waals surface area contributed by atoms with Gasteiger partial charge in [0.2, 0.25) is 5.67 Å². The monoisotopic (exact) mass is 214 g/mol. The molecule has 1 atom stereocenters. The lowest BCUT2D eigenvalue weighted by molar-refractivity contribution is -0.142. The maximum Gasteiger partial charge on any atom is 0.261 e. The summed E-state index contributed by atoms with van der Waals surface area (Å²) in [5, 5.41) is 2.92. The molecule has 2 aliphatic heterocycles. The van der Waals surface area contributed by atoms with Crippen LogP contribution in [-0.2, 0) is 4.79 Å². The van der Waals surface area contributed by atoms with E-state index >= 15 is 0 Å². The predicted molar refractivity (Wildman–Crippen MR) is 56.3 cm³/mol. The van der Waals surface area contributed by atoms with Gasteiger partial charge in [-0.15, -0.1) is 0 Å². The number of nitrogens with zero attached hydrogens (tertiary/aromatic N) is 1. The van der Waals surface area contributed by atoms with Crippen molar-refractivity contribution in [3.8, 4) is 0 Å². The van der Waals surface area contributed by atoms with Crippen molar-refractivity contribution in [2.75, 3.05) is 26.2 Å². The summed E-state index contributed by atoms with van der Waals surface area (Å²) in [6.45, 7) is 6.44. The van der Waals surface area contributed by atoms with E-state index in [0.717, 1.165) is 6.42 Å². The first kappa shape index (κ1) is 10.9. The lowest BCUT2D eigenvalue weighted by atomic mass is 9.93. The van der Waals surface area contributed by atoms with Gasteiger partial charge in [0.15, 0.2) is 0 Å². The lowest BCUT2D eigenvalue weighted by Crippen LogP contribution is -2.46. The Labute approximate surface area is 90.0 Å². The molecule has 0 aromatic heterocycles. The number of nitrogens with one attached hydrogen (secondary N) is 1. The highest BCUT2D eigenvalue weighted by molar-refractivity contribution is 5.86. The number of rotatable bonds is 1. The average molecular weight is 214 g/mol. The Morgan fingerprint density at radius 2 is 2.13 bits per heavy atom. The third kappa shape index (κ3) is 2.00. The number of hydrogen-bond donors (Lipinski definition) is 1. The summed E-state index contributed by atoms with van der Waals surface area (Å²) in [5.41, 5.74) is -1.49. The minimum absolute atomic E-state index is 0.151. The highest BCUT2D eigenvalue weighted by Gasteiger charge is 2.46. The van der Waals surface area contributed by atoms with Gasteiger partial charge in [-0.2, -0.15) is 0 Å². The molecule has 0 unspecified atom stereocenters. The van der Waals surface area contributed by atoms with Crippen molar-refractivity contribution in [2.24, 2.45) is 5.41 Å². The number of carbonyl (C=O) groups excluding carboxylic acids is 1. The van der Waals surface area contributed by atoms with Crippen molar-refractivity contribution in [2.45, 2.75) is 32.4 Å². The first-order valence-corrected chi connectivity index (χ1v) is 5.62. The van der Waals surface area contributed by atoms with Gasteiger partial charge in [-0.05, 0) is 18.4 Å². The SMILES string of the molecule is CC1(C)CCN(C(=O)[C@]2(F)CCNC2)C1. The summed E-state index contributed by atoms with van der Waals surface area (Å²) < 4.78 is 14.2. The lowest BCUT2D eigenvalue weighted by Gasteiger charge is -2.26. The van der Waals surface area contributed by atoms with Crippen molar-refractivity contribution in [1.82, 2.24) is 10.2 Å². The van der Waals surface area contributed by atoms with Gasteiger partial charge in [0.05, 0.1) is 0 Å². The van der Waals surface area contributed by atoms with Crippen LogP contribution < -0.4 is 5.32 Å². The van der Waals surface area contributed by atoms with Crippen molar-refractivity contribution in [3.63, 3.8) is 0 Å². The molecule has 2 saturated heterocycles. The van der Waals surface area contributed by atoms with Crippen molar-refractivity contribution < 1.29 is 9.18 Å². The van der Waals surface area contributed by atoms with E-state index in [-0.39, 0.29) is 17.9 Å². The quantitative estimate of drug-likeness (QED) is 0.704. The summed E-state index contributed by atoms with van der Waals surface area (Å²) in [6, 6.07) is 0. The number of carbonyl (C=O) groups is 1. The summed E-state index contributed by atoms with van der Waals surface area (Å²) in [7, 11) is 0. The fraction of sp³-hybridized carbons (Fsp3) is 0.909. The first-order valence-electron chi connectivity index (χ1n) is 5.62. The molecular weight excluding hydrogens is 195 g/mol.